The fourth-order valence-electron chi connectivity index (χ4n) is 2.96. The van der Waals surface area contributed by atoms with E-state index in [1.807, 2.05) is 24.3 Å². The Labute approximate surface area is 164 Å². The summed E-state index contributed by atoms with van der Waals surface area (Å²) in [6.45, 7) is 2.85. The van der Waals surface area contributed by atoms with Crippen LogP contribution < -0.4 is 5.32 Å². The van der Waals surface area contributed by atoms with Crippen LogP contribution in [-0.2, 0) is 11.3 Å². The van der Waals surface area contributed by atoms with Crippen LogP contribution in [-0.4, -0.2) is 31.4 Å². The molecule has 0 radical (unpaired) electrons. The second kappa shape index (κ2) is 7.54. The quantitative estimate of drug-likeness (QED) is 0.506. The standard InChI is InChI=1S/C19H16ClN5OS/c1-2-25-15-9-4-3-8-14(15)17-18(25)22-19(24-23-17)27-11-16(26)21-13-7-5-6-12(20)10-13/h3-10H,2,11H2,1H3,(H,21,26). The lowest BCUT2D eigenvalue weighted by Gasteiger charge is -2.05. The Bertz CT molecular complexity index is 1140. The number of halogens is 1. The molecule has 27 heavy (non-hydrogen) atoms. The number of rotatable bonds is 5. The third-order valence-corrected chi connectivity index (χ3v) is 5.18. The molecular formula is C19H16ClN5OS. The van der Waals surface area contributed by atoms with E-state index < -0.39 is 0 Å². The Balaban J connectivity index is 1.54. The summed E-state index contributed by atoms with van der Waals surface area (Å²) in [6.07, 6.45) is 0. The molecule has 0 spiro atoms. The molecule has 0 aliphatic rings. The van der Waals surface area contributed by atoms with Gasteiger partial charge in [0.05, 0.1) is 11.3 Å². The maximum atomic E-state index is 12.2. The summed E-state index contributed by atoms with van der Waals surface area (Å²) in [5, 5.41) is 13.4. The SMILES string of the molecule is CCn1c2ccccc2c2nnc(SCC(=O)Nc3cccc(Cl)c3)nc21. The Morgan fingerprint density at radius 2 is 2.04 bits per heavy atom. The van der Waals surface area contributed by atoms with Crippen molar-refractivity contribution in [2.45, 2.75) is 18.6 Å². The van der Waals surface area contributed by atoms with Crippen molar-refractivity contribution in [3.63, 3.8) is 0 Å². The number of nitrogens with one attached hydrogen (secondary N) is 1. The first-order chi connectivity index (χ1) is 13.2. The number of anilines is 1. The summed E-state index contributed by atoms with van der Waals surface area (Å²) in [6, 6.07) is 15.1. The van der Waals surface area contributed by atoms with Crippen LogP contribution in [0.1, 0.15) is 6.92 Å². The number of carbonyl (C=O) groups is 1. The van der Waals surface area contributed by atoms with Gasteiger partial charge in [-0.15, -0.1) is 10.2 Å². The minimum Gasteiger partial charge on any atom is -0.325 e. The zero-order valence-corrected chi connectivity index (χ0v) is 16.1. The van der Waals surface area contributed by atoms with Gasteiger partial charge >= 0.3 is 0 Å². The Morgan fingerprint density at radius 3 is 2.85 bits per heavy atom. The van der Waals surface area contributed by atoms with Gasteiger partial charge in [-0.25, -0.2) is 4.98 Å². The highest BCUT2D eigenvalue weighted by Crippen LogP contribution is 2.27. The van der Waals surface area contributed by atoms with E-state index in [4.69, 9.17) is 11.6 Å². The Hall–Kier alpha value is -2.64. The third-order valence-electron chi connectivity index (χ3n) is 4.11. The highest BCUT2D eigenvalue weighted by molar-refractivity contribution is 7.99. The van der Waals surface area contributed by atoms with Crippen molar-refractivity contribution in [3.8, 4) is 0 Å². The minimum atomic E-state index is -0.151. The molecule has 2 aromatic heterocycles. The number of amides is 1. The molecule has 2 heterocycles. The summed E-state index contributed by atoms with van der Waals surface area (Å²) in [4.78, 5) is 16.8. The molecule has 4 aromatic rings. The van der Waals surface area contributed by atoms with Crippen LogP contribution in [0.15, 0.2) is 53.7 Å². The van der Waals surface area contributed by atoms with Gasteiger partial charge in [0.15, 0.2) is 5.65 Å². The first-order valence-electron chi connectivity index (χ1n) is 8.45. The first-order valence-corrected chi connectivity index (χ1v) is 9.82. The Morgan fingerprint density at radius 1 is 1.19 bits per heavy atom. The number of hydrogen-bond acceptors (Lipinski definition) is 5. The van der Waals surface area contributed by atoms with Gasteiger partial charge in [-0.05, 0) is 31.2 Å². The van der Waals surface area contributed by atoms with Crippen molar-refractivity contribution in [2.24, 2.45) is 0 Å². The van der Waals surface area contributed by atoms with Crippen molar-refractivity contribution >= 4 is 57.0 Å². The molecule has 4 rings (SSSR count). The van der Waals surface area contributed by atoms with Crippen LogP contribution in [0.4, 0.5) is 5.69 Å². The lowest BCUT2D eigenvalue weighted by atomic mass is 10.2. The monoisotopic (exact) mass is 397 g/mol. The van der Waals surface area contributed by atoms with Gasteiger partial charge in [0.2, 0.25) is 11.1 Å². The zero-order chi connectivity index (χ0) is 18.8. The molecule has 0 saturated carbocycles. The second-order valence-electron chi connectivity index (χ2n) is 5.88. The van der Waals surface area contributed by atoms with E-state index >= 15 is 0 Å². The van der Waals surface area contributed by atoms with E-state index in [0.29, 0.717) is 15.9 Å². The van der Waals surface area contributed by atoms with Crippen molar-refractivity contribution in [3.05, 3.63) is 53.6 Å². The minimum absolute atomic E-state index is 0.151. The molecule has 136 valence electrons. The van der Waals surface area contributed by atoms with Crippen molar-refractivity contribution in [1.82, 2.24) is 19.7 Å². The highest BCUT2D eigenvalue weighted by Gasteiger charge is 2.14. The number of fused-ring (bicyclic) bond motifs is 3. The normalized spacial score (nSPS) is 11.2. The van der Waals surface area contributed by atoms with E-state index in [0.717, 1.165) is 28.6 Å². The summed E-state index contributed by atoms with van der Waals surface area (Å²) in [7, 11) is 0. The maximum absolute atomic E-state index is 12.2. The molecule has 1 amide bonds. The first kappa shape index (κ1) is 17.8. The van der Waals surface area contributed by atoms with Gasteiger partial charge < -0.3 is 9.88 Å². The Kier molecular flexibility index (Phi) is 4.96. The number of thioether (sulfide) groups is 1. The molecule has 0 aliphatic carbocycles. The van der Waals surface area contributed by atoms with E-state index in [2.05, 4.69) is 32.0 Å². The van der Waals surface area contributed by atoms with Gasteiger partial charge in [0.1, 0.15) is 5.52 Å². The number of hydrogen-bond donors (Lipinski definition) is 1. The van der Waals surface area contributed by atoms with Crippen molar-refractivity contribution in [2.75, 3.05) is 11.1 Å². The molecule has 0 saturated heterocycles. The molecule has 0 aliphatic heterocycles. The lowest BCUT2D eigenvalue weighted by Crippen LogP contribution is -2.14. The molecule has 6 nitrogen and oxygen atoms in total. The summed E-state index contributed by atoms with van der Waals surface area (Å²) in [5.74, 6) is 0.0356. The van der Waals surface area contributed by atoms with E-state index in [9.17, 15) is 4.79 Å². The fourth-order valence-corrected chi connectivity index (χ4v) is 3.74. The average molecular weight is 398 g/mol. The van der Waals surface area contributed by atoms with Gasteiger partial charge in [-0.2, -0.15) is 0 Å². The van der Waals surface area contributed by atoms with Crippen molar-refractivity contribution < 1.29 is 4.79 Å². The van der Waals surface area contributed by atoms with E-state index in [1.165, 1.54) is 11.8 Å². The van der Waals surface area contributed by atoms with Gasteiger partial charge in [-0.3, -0.25) is 4.79 Å². The zero-order valence-electron chi connectivity index (χ0n) is 14.5. The molecule has 2 aromatic carbocycles. The van der Waals surface area contributed by atoms with E-state index in [1.54, 1.807) is 24.3 Å². The van der Waals surface area contributed by atoms with Crippen LogP contribution in [0.3, 0.4) is 0 Å². The van der Waals surface area contributed by atoms with Crippen LogP contribution in [0.25, 0.3) is 22.1 Å². The van der Waals surface area contributed by atoms with Crippen LogP contribution in [0, 0.1) is 0 Å². The lowest BCUT2D eigenvalue weighted by molar-refractivity contribution is -0.113. The predicted molar refractivity (Wildman–Crippen MR) is 109 cm³/mol. The summed E-state index contributed by atoms with van der Waals surface area (Å²) in [5.41, 5.74) is 3.30. The molecule has 1 N–H and O–H groups in total. The highest BCUT2D eigenvalue weighted by atomic mass is 35.5. The molecule has 0 bridgehead atoms. The number of para-hydroxylation sites is 1. The number of nitrogens with zero attached hydrogens (tertiary/aromatic N) is 4. The summed E-state index contributed by atoms with van der Waals surface area (Å²) < 4.78 is 2.11. The van der Waals surface area contributed by atoms with Crippen LogP contribution in [0.2, 0.25) is 5.02 Å². The fraction of sp³-hybridized carbons (Fsp3) is 0.158. The van der Waals surface area contributed by atoms with E-state index in [-0.39, 0.29) is 11.7 Å². The third kappa shape index (κ3) is 3.61. The number of benzene rings is 2. The number of aryl methyl sites for hydroxylation is 1. The topological polar surface area (TPSA) is 72.7 Å². The molecule has 8 heteroatoms. The molecule has 0 fully saturated rings. The second-order valence-corrected chi connectivity index (χ2v) is 7.25. The smallest absolute Gasteiger partial charge is 0.234 e. The van der Waals surface area contributed by atoms with Gasteiger partial charge in [-0.1, -0.05) is 47.6 Å². The van der Waals surface area contributed by atoms with Crippen LogP contribution >= 0.6 is 23.4 Å². The van der Waals surface area contributed by atoms with Gasteiger partial charge in [0.25, 0.3) is 0 Å². The average Bonchev–Trinajstić information content (AvgIpc) is 2.99. The van der Waals surface area contributed by atoms with Crippen LogP contribution in [0.5, 0.6) is 0 Å². The van der Waals surface area contributed by atoms with Gasteiger partial charge in [0, 0.05) is 22.6 Å². The predicted octanol–water partition coefficient (Wildman–Crippen LogP) is 4.38. The molecule has 0 unspecified atom stereocenters. The molecule has 0 atom stereocenters. The largest absolute Gasteiger partial charge is 0.325 e. The molecular weight excluding hydrogens is 382 g/mol. The maximum Gasteiger partial charge on any atom is 0.234 e. The number of carbonyl (C=O) groups excluding carboxylic acids is 1. The summed E-state index contributed by atoms with van der Waals surface area (Å²) >= 11 is 7.18. The number of aromatic nitrogens is 4. The van der Waals surface area contributed by atoms with Crippen molar-refractivity contribution in [1.29, 1.82) is 0 Å².